The maximum absolute atomic E-state index is 13.7. The van der Waals surface area contributed by atoms with Gasteiger partial charge in [-0.25, -0.2) is 9.78 Å². The maximum atomic E-state index is 13.7. The smallest absolute Gasteiger partial charge is 0.343 e. The van der Waals surface area contributed by atoms with Crippen LogP contribution >= 0.6 is 0 Å². The van der Waals surface area contributed by atoms with Gasteiger partial charge >= 0.3 is 5.97 Å². The molecule has 8 nitrogen and oxygen atoms in total. The van der Waals surface area contributed by atoms with Crippen LogP contribution in [0.4, 0.5) is 0 Å². The summed E-state index contributed by atoms with van der Waals surface area (Å²) < 4.78 is 6.86. The van der Waals surface area contributed by atoms with Gasteiger partial charge in [0.2, 0.25) is 0 Å². The van der Waals surface area contributed by atoms with Crippen LogP contribution < -0.4 is 5.56 Å². The number of hydrogen-bond acceptors (Lipinski definition) is 7. The average molecular weight is 517 g/mol. The quantitative estimate of drug-likeness (QED) is 0.268. The Morgan fingerprint density at radius 2 is 1.90 bits per heavy atom. The van der Waals surface area contributed by atoms with Gasteiger partial charge in [-0.15, -0.1) is 0 Å². The van der Waals surface area contributed by atoms with E-state index in [9.17, 15) is 14.7 Å². The average Bonchev–Trinajstić information content (AvgIpc) is 3.33. The van der Waals surface area contributed by atoms with Crippen molar-refractivity contribution < 1.29 is 14.6 Å². The number of rotatable bonds is 4. The number of hydrogen-bond donors (Lipinski definition) is 2. The number of cyclic esters (lactones) is 1. The molecule has 2 aliphatic rings. The van der Waals surface area contributed by atoms with E-state index < -0.39 is 11.6 Å². The van der Waals surface area contributed by atoms with E-state index in [1.54, 1.807) is 17.6 Å². The molecule has 2 aromatic carbocycles. The van der Waals surface area contributed by atoms with Crippen LogP contribution in [0.5, 0.6) is 0 Å². The molecule has 1 atom stereocenters. The molecule has 0 spiro atoms. The zero-order valence-corrected chi connectivity index (χ0v) is 21.2. The standard InChI is InChI=1S/C31H24N4O4/c1-2-31(38)24-13-27-28-22(15-35(27)29(36)23(24)16-39-30(31)37)20(21-11-17(14-32)7-10-26(21)34-28)12-19-9-8-18-5-3-4-6-25(18)33-19/h3-11,13-14,32,38H,2,12,15-16H2,1H3. The van der Waals surface area contributed by atoms with Crippen molar-refractivity contribution in [2.24, 2.45) is 0 Å². The van der Waals surface area contributed by atoms with Crippen LogP contribution in [0.1, 0.15) is 46.9 Å². The van der Waals surface area contributed by atoms with Gasteiger partial charge in [0, 0.05) is 40.2 Å². The summed E-state index contributed by atoms with van der Waals surface area (Å²) in [6, 6.07) is 19.4. The number of nitrogens with one attached hydrogen (secondary N) is 1. The van der Waals surface area contributed by atoms with Crippen molar-refractivity contribution in [1.82, 2.24) is 14.5 Å². The summed E-state index contributed by atoms with van der Waals surface area (Å²) in [4.78, 5) is 36.1. The van der Waals surface area contributed by atoms with E-state index in [1.165, 1.54) is 6.21 Å². The fourth-order valence-electron chi connectivity index (χ4n) is 5.86. The third-order valence-corrected chi connectivity index (χ3v) is 8.01. The highest BCUT2D eigenvalue weighted by Gasteiger charge is 2.45. The van der Waals surface area contributed by atoms with Crippen molar-refractivity contribution in [2.45, 2.75) is 38.5 Å². The van der Waals surface area contributed by atoms with Gasteiger partial charge in [-0.05, 0) is 47.9 Å². The van der Waals surface area contributed by atoms with Crippen molar-refractivity contribution in [3.8, 4) is 11.4 Å². The van der Waals surface area contributed by atoms with Crippen molar-refractivity contribution >= 4 is 34.0 Å². The molecule has 39 heavy (non-hydrogen) atoms. The van der Waals surface area contributed by atoms with Gasteiger partial charge in [-0.3, -0.25) is 9.78 Å². The highest BCUT2D eigenvalue weighted by Crippen LogP contribution is 2.40. The summed E-state index contributed by atoms with van der Waals surface area (Å²) >= 11 is 0. The first kappa shape index (κ1) is 23.4. The number of pyridine rings is 3. The van der Waals surface area contributed by atoms with Gasteiger partial charge in [-0.1, -0.05) is 37.3 Å². The van der Waals surface area contributed by atoms with Crippen LogP contribution in [0.2, 0.25) is 0 Å². The lowest BCUT2D eigenvalue weighted by molar-refractivity contribution is -0.172. The largest absolute Gasteiger partial charge is 0.458 e. The molecular weight excluding hydrogens is 492 g/mol. The van der Waals surface area contributed by atoms with Gasteiger partial charge in [0.05, 0.1) is 34.5 Å². The number of fused-ring (bicyclic) bond motifs is 6. The Hall–Kier alpha value is -4.69. The number of carbonyl (C=O) groups is 1. The minimum atomic E-state index is -1.88. The molecule has 1 unspecified atom stereocenters. The third kappa shape index (κ3) is 3.38. The number of benzene rings is 2. The van der Waals surface area contributed by atoms with E-state index >= 15 is 0 Å². The summed E-state index contributed by atoms with van der Waals surface area (Å²) in [5.74, 6) is -0.742. The number of aliphatic hydroxyl groups is 1. The molecule has 2 N–H and O–H groups in total. The molecule has 7 rings (SSSR count). The summed E-state index contributed by atoms with van der Waals surface area (Å²) in [7, 11) is 0. The Balaban J connectivity index is 1.47. The predicted molar refractivity (Wildman–Crippen MR) is 147 cm³/mol. The Kier molecular flexibility index (Phi) is 5.05. The van der Waals surface area contributed by atoms with Gasteiger partial charge < -0.3 is 19.8 Å². The fraction of sp³-hybridized carbons (Fsp3) is 0.194. The molecule has 8 heteroatoms. The Bertz CT molecular complexity index is 1940. The maximum Gasteiger partial charge on any atom is 0.343 e. The van der Waals surface area contributed by atoms with Gasteiger partial charge in [0.1, 0.15) is 6.61 Å². The van der Waals surface area contributed by atoms with Crippen LogP contribution in [-0.2, 0) is 34.7 Å². The minimum Gasteiger partial charge on any atom is -0.458 e. The minimum absolute atomic E-state index is 0.0883. The van der Waals surface area contributed by atoms with Crippen molar-refractivity contribution in [3.63, 3.8) is 0 Å². The molecule has 0 saturated heterocycles. The molecule has 192 valence electrons. The molecule has 5 aromatic rings. The molecule has 0 saturated carbocycles. The number of carbonyl (C=O) groups excluding carboxylic acids is 1. The number of aromatic nitrogens is 3. The van der Waals surface area contributed by atoms with E-state index in [1.807, 2.05) is 48.5 Å². The number of esters is 1. The van der Waals surface area contributed by atoms with Gasteiger partial charge in [0.15, 0.2) is 5.60 Å². The molecule has 0 aliphatic carbocycles. The Labute approximate surface area is 223 Å². The zero-order chi connectivity index (χ0) is 26.9. The van der Waals surface area contributed by atoms with E-state index in [4.69, 9.17) is 20.1 Å². The molecule has 0 fully saturated rings. The SMILES string of the molecule is CCC1(O)C(=O)OCc2c1cc1n(c2=O)Cc2c-1nc1ccc(C=N)cc1c2Cc1ccc2ccccc2n1. The monoisotopic (exact) mass is 516 g/mol. The van der Waals surface area contributed by atoms with E-state index in [-0.39, 0.29) is 18.6 Å². The fourth-order valence-corrected chi connectivity index (χ4v) is 5.86. The second kappa shape index (κ2) is 8.41. The number of nitrogens with zero attached hydrogens (tertiary/aromatic N) is 3. The van der Waals surface area contributed by atoms with Crippen LogP contribution in [0.3, 0.4) is 0 Å². The van der Waals surface area contributed by atoms with Gasteiger partial charge in [0.25, 0.3) is 5.56 Å². The normalized spacial score (nSPS) is 17.5. The number of ether oxygens (including phenoxy) is 1. The third-order valence-electron chi connectivity index (χ3n) is 8.01. The highest BCUT2D eigenvalue weighted by molar-refractivity contribution is 5.93. The second-order valence-corrected chi connectivity index (χ2v) is 10.1. The van der Waals surface area contributed by atoms with Crippen molar-refractivity contribution in [3.05, 3.63) is 105 Å². The lowest BCUT2D eigenvalue weighted by Crippen LogP contribution is -2.44. The predicted octanol–water partition coefficient (Wildman–Crippen LogP) is 4.22. The van der Waals surface area contributed by atoms with Crippen molar-refractivity contribution in [1.29, 1.82) is 5.41 Å². The molecular formula is C31H24N4O4. The molecule has 0 amide bonds. The second-order valence-electron chi connectivity index (χ2n) is 10.1. The van der Waals surface area contributed by atoms with Gasteiger partial charge in [-0.2, -0.15) is 0 Å². The van der Waals surface area contributed by atoms with Crippen LogP contribution in [-0.4, -0.2) is 31.8 Å². The first-order chi connectivity index (χ1) is 18.9. The summed E-state index contributed by atoms with van der Waals surface area (Å²) in [6.45, 7) is 1.82. The molecule has 5 heterocycles. The van der Waals surface area contributed by atoms with E-state index in [2.05, 4.69) is 6.07 Å². The number of para-hydroxylation sites is 1. The Morgan fingerprint density at radius 3 is 2.72 bits per heavy atom. The Morgan fingerprint density at radius 1 is 1.05 bits per heavy atom. The highest BCUT2D eigenvalue weighted by atomic mass is 16.6. The molecule has 0 radical (unpaired) electrons. The van der Waals surface area contributed by atoms with Crippen LogP contribution in [0, 0.1) is 5.41 Å². The lowest BCUT2D eigenvalue weighted by atomic mass is 9.86. The summed E-state index contributed by atoms with van der Waals surface area (Å²) in [5, 5.41) is 20.9. The summed E-state index contributed by atoms with van der Waals surface area (Å²) in [5.41, 5.74) is 4.80. The molecule has 0 bridgehead atoms. The van der Waals surface area contributed by atoms with E-state index in [0.29, 0.717) is 35.5 Å². The first-order valence-electron chi connectivity index (χ1n) is 12.9. The summed E-state index contributed by atoms with van der Waals surface area (Å²) in [6.07, 6.45) is 1.90. The van der Waals surface area contributed by atoms with E-state index in [0.717, 1.165) is 44.2 Å². The lowest BCUT2D eigenvalue weighted by Gasteiger charge is -2.31. The van der Waals surface area contributed by atoms with Crippen LogP contribution in [0.15, 0.2) is 65.5 Å². The molecule has 3 aromatic heterocycles. The first-order valence-corrected chi connectivity index (χ1v) is 12.9. The van der Waals surface area contributed by atoms with Crippen molar-refractivity contribution in [2.75, 3.05) is 0 Å². The zero-order valence-electron chi connectivity index (χ0n) is 21.2. The van der Waals surface area contributed by atoms with Crippen LogP contribution in [0.25, 0.3) is 33.2 Å². The topological polar surface area (TPSA) is 118 Å². The molecule has 2 aliphatic heterocycles.